The molecule has 0 atom stereocenters. The molecule has 0 fully saturated rings. The number of benzene rings is 1. The van der Waals surface area contributed by atoms with Crippen molar-refractivity contribution in [3.63, 3.8) is 0 Å². The Balaban J connectivity index is 0.00000264. The van der Waals surface area contributed by atoms with Crippen molar-refractivity contribution in [1.82, 2.24) is 10.6 Å². The molecule has 0 amide bonds. The molecule has 1 aliphatic rings. The lowest BCUT2D eigenvalue weighted by atomic mass is 10.2. The summed E-state index contributed by atoms with van der Waals surface area (Å²) in [5, 5.41) is 6.80. The van der Waals surface area contributed by atoms with Crippen molar-refractivity contribution < 1.29 is 4.74 Å². The third kappa shape index (κ3) is 6.97. The van der Waals surface area contributed by atoms with E-state index in [1.165, 1.54) is 0 Å². The Bertz CT molecular complexity index is 557. The molecule has 2 rings (SSSR count). The number of halogens is 2. The van der Waals surface area contributed by atoms with Crippen LogP contribution >= 0.6 is 24.0 Å². The van der Waals surface area contributed by atoms with Gasteiger partial charge in [-0.3, -0.25) is 10.3 Å². The van der Waals surface area contributed by atoms with Crippen LogP contribution in [0.4, 0.5) is 0 Å². The van der Waals surface area contributed by atoms with Crippen LogP contribution in [-0.4, -0.2) is 30.7 Å². The smallest absolute Gasteiger partial charge is 0.199 e. The molecule has 1 aromatic carbocycles. The maximum absolute atomic E-state index is 5.82. The van der Waals surface area contributed by atoms with E-state index in [1.807, 2.05) is 38.1 Å². The van der Waals surface area contributed by atoms with Crippen molar-refractivity contribution in [1.29, 1.82) is 0 Å². The number of hydrogen-bond acceptors (Lipinski definition) is 4. The zero-order chi connectivity index (χ0) is 16.0. The first-order valence-corrected chi connectivity index (χ1v) is 7.66. The fraction of sp³-hybridized carbons (Fsp3) is 0.467. The molecule has 4 N–H and O–H groups in total. The Morgan fingerprint density at radius 3 is 2.61 bits per heavy atom. The van der Waals surface area contributed by atoms with Crippen LogP contribution in [0.2, 0.25) is 5.02 Å². The Hall–Kier alpha value is -1.66. The normalized spacial score (nSPS) is 17.5. The highest BCUT2D eigenvalue weighted by atomic mass is 35.5. The molecular formula is C15H23Cl2N5O. The minimum absolute atomic E-state index is 0. The summed E-state index contributed by atoms with van der Waals surface area (Å²) in [6.45, 7) is 5.23. The number of unbranched alkanes of at least 4 members (excludes halogenated alkanes) is 1. The second kappa shape index (κ2) is 8.84. The molecule has 0 aromatic heterocycles. The van der Waals surface area contributed by atoms with Gasteiger partial charge in [-0.15, -0.1) is 12.4 Å². The van der Waals surface area contributed by atoms with Gasteiger partial charge in [0.05, 0.1) is 6.61 Å². The first-order valence-electron chi connectivity index (χ1n) is 7.28. The molecule has 6 nitrogen and oxygen atoms in total. The molecule has 128 valence electrons. The van der Waals surface area contributed by atoms with Gasteiger partial charge in [-0.2, -0.15) is 0 Å². The Labute approximate surface area is 148 Å². The van der Waals surface area contributed by atoms with Gasteiger partial charge in [0.25, 0.3) is 0 Å². The Morgan fingerprint density at radius 1 is 1.26 bits per heavy atom. The van der Waals surface area contributed by atoms with Gasteiger partial charge >= 0.3 is 0 Å². The van der Waals surface area contributed by atoms with E-state index in [0.29, 0.717) is 30.1 Å². The van der Waals surface area contributed by atoms with Crippen LogP contribution in [0.15, 0.2) is 34.3 Å². The number of ether oxygens (including phenoxy) is 1. The van der Waals surface area contributed by atoms with Crippen molar-refractivity contribution in [2.45, 2.75) is 32.4 Å². The summed E-state index contributed by atoms with van der Waals surface area (Å²) < 4.78 is 5.63. The Morgan fingerprint density at radius 2 is 1.96 bits per heavy atom. The van der Waals surface area contributed by atoms with Gasteiger partial charge < -0.3 is 15.8 Å². The minimum Gasteiger partial charge on any atom is -0.494 e. The Kier molecular flexibility index (Phi) is 7.45. The number of nitrogens with two attached hydrogens (primary N) is 1. The highest BCUT2D eigenvalue weighted by molar-refractivity contribution is 6.30. The number of hydrogen-bond donors (Lipinski definition) is 3. The van der Waals surface area contributed by atoms with Crippen LogP contribution in [0.25, 0.3) is 0 Å². The maximum Gasteiger partial charge on any atom is 0.199 e. The van der Waals surface area contributed by atoms with E-state index >= 15 is 0 Å². The molecule has 0 saturated carbocycles. The SMILES string of the molecule is CC1(C)N=C(N)NC(=NCCCCOc2ccc(Cl)cc2)N1.Cl. The average molecular weight is 360 g/mol. The quantitative estimate of drug-likeness (QED) is 0.681. The number of aliphatic imine (C=N–C) groups is 2. The van der Waals surface area contributed by atoms with Gasteiger partial charge in [-0.05, 0) is 51.0 Å². The highest BCUT2D eigenvalue weighted by Gasteiger charge is 2.23. The van der Waals surface area contributed by atoms with E-state index < -0.39 is 5.66 Å². The predicted octanol–water partition coefficient (Wildman–Crippen LogP) is 2.52. The van der Waals surface area contributed by atoms with Crippen molar-refractivity contribution in [3.8, 4) is 5.75 Å². The fourth-order valence-electron chi connectivity index (χ4n) is 2.00. The number of guanidine groups is 2. The summed E-state index contributed by atoms with van der Waals surface area (Å²) in [5.74, 6) is 1.88. The zero-order valence-corrected chi connectivity index (χ0v) is 14.9. The van der Waals surface area contributed by atoms with Crippen molar-refractivity contribution in [2.24, 2.45) is 15.7 Å². The van der Waals surface area contributed by atoms with Crippen molar-refractivity contribution >= 4 is 35.9 Å². The van der Waals surface area contributed by atoms with Crippen molar-refractivity contribution in [2.75, 3.05) is 13.2 Å². The first-order chi connectivity index (χ1) is 10.4. The molecule has 0 unspecified atom stereocenters. The number of rotatable bonds is 6. The first kappa shape index (κ1) is 19.4. The third-order valence-electron chi connectivity index (χ3n) is 2.98. The molecule has 23 heavy (non-hydrogen) atoms. The van der Waals surface area contributed by atoms with Gasteiger partial charge in [-0.25, -0.2) is 4.99 Å². The van der Waals surface area contributed by atoms with Gasteiger partial charge in [0.15, 0.2) is 11.9 Å². The van der Waals surface area contributed by atoms with E-state index in [9.17, 15) is 0 Å². The molecule has 0 spiro atoms. The molecule has 0 bridgehead atoms. The molecule has 0 radical (unpaired) electrons. The maximum atomic E-state index is 5.82. The monoisotopic (exact) mass is 359 g/mol. The second-order valence-electron chi connectivity index (χ2n) is 5.55. The zero-order valence-electron chi connectivity index (χ0n) is 13.3. The van der Waals surface area contributed by atoms with Crippen LogP contribution in [0.3, 0.4) is 0 Å². The second-order valence-corrected chi connectivity index (χ2v) is 5.98. The van der Waals surface area contributed by atoms with Crippen LogP contribution in [0.1, 0.15) is 26.7 Å². The lowest BCUT2D eigenvalue weighted by molar-refractivity contribution is 0.308. The molecule has 1 heterocycles. The number of nitrogens with zero attached hydrogens (tertiary/aromatic N) is 2. The summed E-state index contributed by atoms with van der Waals surface area (Å²) in [6, 6.07) is 7.36. The van der Waals surface area contributed by atoms with Crippen molar-refractivity contribution in [3.05, 3.63) is 29.3 Å². The van der Waals surface area contributed by atoms with E-state index in [1.54, 1.807) is 0 Å². The van der Waals surface area contributed by atoms with E-state index in [2.05, 4.69) is 20.6 Å². The standard InChI is InChI=1S/C15H22ClN5O.ClH/c1-15(2)20-13(17)19-14(21-15)18-9-3-4-10-22-12-7-5-11(16)6-8-12;/h5-8H,3-4,9-10H2,1-2H3,(H4,17,18,19,20,21);1H. The molecule has 1 aliphatic heterocycles. The molecular weight excluding hydrogens is 337 g/mol. The molecule has 0 aliphatic carbocycles. The molecule has 1 aromatic rings. The molecule has 0 saturated heterocycles. The van der Waals surface area contributed by atoms with E-state index in [0.717, 1.165) is 18.6 Å². The fourth-order valence-corrected chi connectivity index (χ4v) is 2.13. The topological polar surface area (TPSA) is 84.0 Å². The van der Waals surface area contributed by atoms with Gasteiger partial charge in [-0.1, -0.05) is 11.6 Å². The predicted molar refractivity (Wildman–Crippen MR) is 97.7 cm³/mol. The average Bonchev–Trinajstić information content (AvgIpc) is 2.42. The van der Waals surface area contributed by atoms with E-state index in [4.69, 9.17) is 22.1 Å². The van der Waals surface area contributed by atoms with Crippen LogP contribution in [0.5, 0.6) is 5.75 Å². The molecule has 8 heteroatoms. The van der Waals surface area contributed by atoms with E-state index in [-0.39, 0.29) is 12.4 Å². The van der Waals surface area contributed by atoms with Gasteiger partial charge in [0, 0.05) is 11.6 Å². The summed E-state index contributed by atoms with van der Waals surface area (Å²) in [6.07, 6.45) is 1.85. The lowest BCUT2D eigenvalue weighted by Gasteiger charge is -2.29. The van der Waals surface area contributed by atoms with Gasteiger partial charge in [0.2, 0.25) is 0 Å². The number of nitrogens with one attached hydrogen (secondary N) is 2. The summed E-state index contributed by atoms with van der Waals surface area (Å²) >= 11 is 5.82. The summed E-state index contributed by atoms with van der Waals surface area (Å²) in [4.78, 5) is 8.67. The lowest BCUT2D eigenvalue weighted by Crippen LogP contribution is -2.57. The van der Waals surface area contributed by atoms with Crippen LogP contribution < -0.4 is 21.1 Å². The minimum atomic E-state index is -0.425. The summed E-state index contributed by atoms with van der Waals surface area (Å²) in [5.41, 5.74) is 5.29. The van der Waals surface area contributed by atoms with Gasteiger partial charge in [0.1, 0.15) is 11.4 Å². The third-order valence-corrected chi connectivity index (χ3v) is 3.23. The summed E-state index contributed by atoms with van der Waals surface area (Å²) in [7, 11) is 0. The van der Waals surface area contributed by atoms with Crippen LogP contribution in [-0.2, 0) is 0 Å². The van der Waals surface area contributed by atoms with Crippen LogP contribution in [0, 0.1) is 0 Å². The largest absolute Gasteiger partial charge is 0.494 e. The highest BCUT2D eigenvalue weighted by Crippen LogP contribution is 2.15.